The van der Waals surface area contributed by atoms with Gasteiger partial charge in [0.15, 0.2) is 5.78 Å². The molecular weight excluding hydrogens is 348 g/mol. The average Bonchev–Trinajstić information content (AvgIpc) is 2.91. The van der Waals surface area contributed by atoms with Crippen molar-refractivity contribution < 1.29 is 4.79 Å². The van der Waals surface area contributed by atoms with Crippen LogP contribution in [0.25, 0.3) is 5.95 Å². The van der Waals surface area contributed by atoms with Crippen LogP contribution in [-0.2, 0) is 6.42 Å². The molecule has 1 aliphatic rings. The lowest BCUT2D eigenvalue weighted by Gasteiger charge is -2.23. The standard InChI is InChI=1S/C20H19ClN4O/c1-11-7-12(2)23-20(22-11)25-17-9-15(14-5-4-6-16(21)8-14)10-18(26)19(17)13(3)24-25/h4-8,15H,9-10H2,1-3H3. The third-order valence-electron chi connectivity index (χ3n) is 4.79. The summed E-state index contributed by atoms with van der Waals surface area (Å²) in [5.41, 5.74) is 5.16. The van der Waals surface area contributed by atoms with Crippen molar-refractivity contribution in [2.75, 3.05) is 0 Å². The van der Waals surface area contributed by atoms with Gasteiger partial charge >= 0.3 is 0 Å². The molecule has 0 spiro atoms. The number of nitrogens with zero attached hydrogens (tertiary/aromatic N) is 4. The number of ketones is 1. The summed E-state index contributed by atoms with van der Waals surface area (Å²) in [6, 6.07) is 9.65. The van der Waals surface area contributed by atoms with Crippen LogP contribution in [0, 0.1) is 20.8 Å². The Morgan fingerprint density at radius 3 is 2.50 bits per heavy atom. The van der Waals surface area contributed by atoms with Gasteiger partial charge in [0.05, 0.1) is 17.0 Å². The van der Waals surface area contributed by atoms with Gasteiger partial charge in [-0.1, -0.05) is 23.7 Å². The van der Waals surface area contributed by atoms with E-state index in [4.69, 9.17) is 11.6 Å². The zero-order valence-corrected chi connectivity index (χ0v) is 15.7. The average molecular weight is 367 g/mol. The molecule has 6 heteroatoms. The number of benzene rings is 1. The van der Waals surface area contributed by atoms with Crippen molar-refractivity contribution in [1.82, 2.24) is 19.7 Å². The highest BCUT2D eigenvalue weighted by Gasteiger charge is 2.32. The number of aromatic nitrogens is 4. The summed E-state index contributed by atoms with van der Waals surface area (Å²) in [6.07, 6.45) is 1.17. The highest BCUT2D eigenvalue weighted by molar-refractivity contribution is 6.30. The first kappa shape index (κ1) is 16.9. The second-order valence-corrected chi connectivity index (χ2v) is 7.29. The molecule has 4 rings (SSSR count). The molecule has 0 saturated heterocycles. The van der Waals surface area contributed by atoms with E-state index in [1.807, 2.05) is 51.1 Å². The van der Waals surface area contributed by atoms with Crippen LogP contribution >= 0.6 is 11.6 Å². The summed E-state index contributed by atoms with van der Waals surface area (Å²) in [5, 5.41) is 5.27. The van der Waals surface area contributed by atoms with Crippen molar-refractivity contribution in [3.8, 4) is 5.95 Å². The number of Topliss-reactive ketones (excluding diaryl/α,β-unsaturated/α-hetero) is 1. The molecule has 0 N–H and O–H groups in total. The maximum atomic E-state index is 12.8. The smallest absolute Gasteiger partial charge is 0.251 e. The van der Waals surface area contributed by atoms with Gasteiger partial charge in [0.1, 0.15) is 0 Å². The van der Waals surface area contributed by atoms with Gasteiger partial charge in [-0.25, -0.2) is 14.6 Å². The normalized spacial score (nSPS) is 16.6. The zero-order chi connectivity index (χ0) is 18.4. The molecule has 26 heavy (non-hydrogen) atoms. The Bertz CT molecular complexity index is 1000. The molecule has 0 radical (unpaired) electrons. The predicted molar refractivity (Wildman–Crippen MR) is 100 cm³/mol. The van der Waals surface area contributed by atoms with Crippen molar-refractivity contribution in [3.05, 3.63) is 69.3 Å². The van der Waals surface area contributed by atoms with Gasteiger partial charge in [0, 0.05) is 22.8 Å². The van der Waals surface area contributed by atoms with Crippen molar-refractivity contribution in [2.45, 2.75) is 39.5 Å². The number of carbonyl (C=O) groups is 1. The fourth-order valence-electron chi connectivity index (χ4n) is 3.72. The number of hydrogen-bond acceptors (Lipinski definition) is 4. The molecule has 2 heterocycles. The van der Waals surface area contributed by atoms with Crippen LogP contribution in [0.3, 0.4) is 0 Å². The molecule has 1 aromatic carbocycles. The second-order valence-electron chi connectivity index (χ2n) is 6.85. The van der Waals surface area contributed by atoms with Gasteiger partial charge in [0.2, 0.25) is 0 Å². The Morgan fingerprint density at radius 1 is 1.08 bits per heavy atom. The molecule has 3 aromatic rings. The van der Waals surface area contributed by atoms with E-state index in [0.29, 0.717) is 29.4 Å². The molecule has 132 valence electrons. The molecule has 0 aliphatic heterocycles. The van der Waals surface area contributed by atoms with Gasteiger partial charge in [-0.05, 0) is 56.9 Å². The summed E-state index contributed by atoms with van der Waals surface area (Å²) >= 11 is 6.14. The molecule has 0 fully saturated rings. The van der Waals surface area contributed by atoms with Crippen LogP contribution < -0.4 is 0 Å². The van der Waals surface area contributed by atoms with E-state index in [0.717, 1.165) is 28.3 Å². The Kier molecular flexibility index (Phi) is 4.11. The lowest BCUT2D eigenvalue weighted by molar-refractivity contribution is 0.0963. The first-order valence-corrected chi connectivity index (χ1v) is 9.00. The van der Waals surface area contributed by atoms with Crippen LogP contribution in [0.5, 0.6) is 0 Å². The largest absolute Gasteiger partial charge is 0.294 e. The lowest BCUT2D eigenvalue weighted by Crippen LogP contribution is -2.21. The Morgan fingerprint density at radius 2 is 1.81 bits per heavy atom. The highest BCUT2D eigenvalue weighted by Crippen LogP contribution is 2.35. The van der Waals surface area contributed by atoms with E-state index in [2.05, 4.69) is 15.1 Å². The Labute approximate surface area is 157 Å². The van der Waals surface area contributed by atoms with Crippen LogP contribution in [0.1, 0.15) is 51.0 Å². The van der Waals surface area contributed by atoms with E-state index >= 15 is 0 Å². The van der Waals surface area contributed by atoms with Crippen molar-refractivity contribution in [1.29, 1.82) is 0 Å². The molecule has 5 nitrogen and oxygen atoms in total. The third kappa shape index (κ3) is 2.92. The number of rotatable bonds is 2. The Hall–Kier alpha value is -2.53. The van der Waals surface area contributed by atoms with E-state index in [9.17, 15) is 4.79 Å². The molecule has 0 amide bonds. The quantitative estimate of drug-likeness (QED) is 0.683. The number of aryl methyl sites for hydroxylation is 3. The molecule has 0 saturated carbocycles. The SMILES string of the molecule is Cc1cc(C)nc(-n2nc(C)c3c2CC(c2cccc(Cl)c2)CC3=O)n1. The summed E-state index contributed by atoms with van der Waals surface area (Å²) in [5.74, 6) is 0.713. The molecule has 2 aromatic heterocycles. The van der Waals surface area contributed by atoms with Crippen LogP contribution in [0.2, 0.25) is 5.02 Å². The highest BCUT2D eigenvalue weighted by atomic mass is 35.5. The number of hydrogen-bond donors (Lipinski definition) is 0. The maximum Gasteiger partial charge on any atom is 0.251 e. The van der Waals surface area contributed by atoms with Crippen LogP contribution in [0.15, 0.2) is 30.3 Å². The third-order valence-corrected chi connectivity index (χ3v) is 5.02. The van der Waals surface area contributed by atoms with Gasteiger partial charge in [-0.2, -0.15) is 5.10 Å². The van der Waals surface area contributed by atoms with Crippen molar-refractivity contribution in [2.24, 2.45) is 0 Å². The van der Waals surface area contributed by atoms with Gasteiger partial charge in [-0.3, -0.25) is 4.79 Å². The fourth-order valence-corrected chi connectivity index (χ4v) is 3.92. The van der Waals surface area contributed by atoms with Crippen LogP contribution in [0.4, 0.5) is 0 Å². The monoisotopic (exact) mass is 366 g/mol. The first-order chi connectivity index (χ1) is 12.4. The minimum absolute atomic E-state index is 0.0782. The summed E-state index contributed by atoms with van der Waals surface area (Å²) in [7, 11) is 0. The molecule has 1 unspecified atom stereocenters. The van der Waals surface area contributed by atoms with E-state index in [1.54, 1.807) is 4.68 Å². The molecule has 1 aliphatic carbocycles. The topological polar surface area (TPSA) is 60.7 Å². The number of fused-ring (bicyclic) bond motifs is 1. The van der Waals surface area contributed by atoms with Crippen molar-refractivity contribution >= 4 is 17.4 Å². The molecule has 0 bridgehead atoms. The number of halogens is 1. The lowest BCUT2D eigenvalue weighted by atomic mass is 9.81. The first-order valence-electron chi connectivity index (χ1n) is 8.62. The van der Waals surface area contributed by atoms with E-state index in [-0.39, 0.29) is 11.7 Å². The summed E-state index contributed by atoms with van der Waals surface area (Å²) < 4.78 is 1.74. The fraction of sp³-hybridized carbons (Fsp3) is 0.300. The predicted octanol–water partition coefficient (Wildman–Crippen LogP) is 4.15. The van der Waals surface area contributed by atoms with Gasteiger partial charge < -0.3 is 0 Å². The number of carbonyl (C=O) groups excluding carboxylic acids is 1. The molecule has 1 atom stereocenters. The zero-order valence-electron chi connectivity index (χ0n) is 15.0. The minimum atomic E-state index is 0.0782. The summed E-state index contributed by atoms with van der Waals surface area (Å²) in [6.45, 7) is 5.73. The van der Waals surface area contributed by atoms with Gasteiger partial charge in [-0.15, -0.1) is 0 Å². The van der Waals surface area contributed by atoms with Crippen molar-refractivity contribution in [3.63, 3.8) is 0 Å². The second kappa shape index (κ2) is 6.32. The summed E-state index contributed by atoms with van der Waals surface area (Å²) in [4.78, 5) is 21.9. The van der Waals surface area contributed by atoms with Crippen LogP contribution in [-0.4, -0.2) is 25.5 Å². The van der Waals surface area contributed by atoms with E-state index in [1.165, 1.54) is 0 Å². The maximum absolute atomic E-state index is 12.8. The van der Waals surface area contributed by atoms with E-state index < -0.39 is 0 Å². The Balaban J connectivity index is 1.82. The minimum Gasteiger partial charge on any atom is -0.294 e. The van der Waals surface area contributed by atoms with Gasteiger partial charge in [0.25, 0.3) is 5.95 Å². The molecular formula is C20H19ClN4O.